The Bertz CT molecular complexity index is 802. The number of aliphatic hydroxyl groups is 1. The van der Waals surface area contributed by atoms with E-state index in [1.165, 1.54) is 0 Å². The Balaban J connectivity index is 1.38. The molecular formula is C24H30N2O4. The molecule has 2 aromatic carbocycles. The van der Waals surface area contributed by atoms with E-state index in [1.54, 1.807) is 0 Å². The zero-order valence-corrected chi connectivity index (χ0v) is 17.2. The molecule has 0 bridgehead atoms. The highest BCUT2D eigenvalue weighted by Gasteiger charge is 2.28. The molecule has 160 valence electrons. The molecule has 1 heterocycles. The monoisotopic (exact) mass is 410 g/mol. The molecule has 1 saturated carbocycles. The Labute approximate surface area is 177 Å². The molecule has 1 aliphatic carbocycles. The maximum absolute atomic E-state index is 12.4. The first-order valence-corrected chi connectivity index (χ1v) is 10.8. The zero-order chi connectivity index (χ0) is 20.8. The second kappa shape index (κ2) is 9.96. The number of nitrogens with zero attached hydrogens (tertiary/aromatic N) is 1. The lowest BCUT2D eigenvalue weighted by atomic mass is 10.0. The molecule has 0 radical (unpaired) electrons. The summed E-state index contributed by atoms with van der Waals surface area (Å²) >= 11 is 0. The summed E-state index contributed by atoms with van der Waals surface area (Å²) in [4.78, 5) is 14.7. The van der Waals surface area contributed by atoms with Gasteiger partial charge in [-0.2, -0.15) is 0 Å². The average molecular weight is 411 g/mol. The lowest BCUT2D eigenvalue weighted by Gasteiger charge is -2.28. The van der Waals surface area contributed by atoms with Crippen LogP contribution in [0.15, 0.2) is 54.6 Å². The van der Waals surface area contributed by atoms with Crippen molar-refractivity contribution < 1.29 is 19.4 Å². The topological polar surface area (TPSA) is 71.0 Å². The lowest BCUT2D eigenvalue weighted by Crippen LogP contribution is -2.46. The van der Waals surface area contributed by atoms with Gasteiger partial charge in [0.1, 0.15) is 18.5 Å². The van der Waals surface area contributed by atoms with Gasteiger partial charge in [-0.1, -0.05) is 42.5 Å². The molecule has 30 heavy (non-hydrogen) atoms. The fourth-order valence-corrected chi connectivity index (χ4v) is 3.74. The fourth-order valence-electron chi connectivity index (χ4n) is 3.74. The second-order valence-corrected chi connectivity index (χ2v) is 8.15. The van der Waals surface area contributed by atoms with Gasteiger partial charge in [-0.25, -0.2) is 4.79 Å². The van der Waals surface area contributed by atoms with Gasteiger partial charge in [0.2, 0.25) is 0 Å². The van der Waals surface area contributed by atoms with E-state index in [9.17, 15) is 9.90 Å². The van der Waals surface area contributed by atoms with Gasteiger partial charge < -0.3 is 24.8 Å². The van der Waals surface area contributed by atoms with Gasteiger partial charge in [-0.3, -0.25) is 0 Å². The van der Waals surface area contributed by atoms with Crippen molar-refractivity contribution in [3.05, 3.63) is 65.7 Å². The summed E-state index contributed by atoms with van der Waals surface area (Å²) in [5, 5.41) is 13.9. The summed E-state index contributed by atoms with van der Waals surface area (Å²) < 4.78 is 11.2. The van der Waals surface area contributed by atoms with Crippen molar-refractivity contribution in [1.29, 1.82) is 0 Å². The van der Waals surface area contributed by atoms with Crippen LogP contribution >= 0.6 is 0 Å². The van der Waals surface area contributed by atoms with E-state index in [0.717, 1.165) is 55.6 Å². The van der Waals surface area contributed by atoms with Gasteiger partial charge >= 0.3 is 6.09 Å². The average Bonchev–Trinajstić information content (AvgIpc) is 3.44. The van der Waals surface area contributed by atoms with Crippen molar-refractivity contribution in [2.75, 3.05) is 19.6 Å². The number of ether oxygens (including phenoxy) is 2. The third-order valence-electron chi connectivity index (χ3n) is 5.60. The van der Waals surface area contributed by atoms with Gasteiger partial charge in [0, 0.05) is 6.54 Å². The first kappa shape index (κ1) is 20.7. The van der Waals surface area contributed by atoms with Crippen molar-refractivity contribution in [1.82, 2.24) is 10.2 Å². The Morgan fingerprint density at radius 1 is 1.07 bits per heavy atom. The molecule has 1 aliphatic heterocycles. The van der Waals surface area contributed by atoms with Crippen LogP contribution in [0.1, 0.15) is 42.9 Å². The summed E-state index contributed by atoms with van der Waals surface area (Å²) in [5.41, 5.74) is 1.68. The van der Waals surface area contributed by atoms with Crippen molar-refractivity contribution in [2.24, 2.45) is 0 Å². The van der Waals surface area contributed by atoms with Crippen LogP contribution in [0.5, 0.6) is 5.75 Å². The summed E-state index contributed by atoms with van der Waals surface area (Å²) in [5.74, 6) is 0.819. The fraction of sp³-hybridized carbons (Fsp3) is 0.458. The Hall–Kier alpha value is -2.57. The predicted molar refractivity (Wildman–Crippen MR) is 114 cm³/mol. The highest BCUT2D eigenvalue weighted by atomic mass is 16.5. The summed E-state index contributed by atoms with van der Waals surface area (Å²) in [6, 6.07) is 16.6. The minimum Gasteiger partial charge on any atom is -0.490 e. The first-order valence-electron chi connectivity index (χ1n) is 10.8. The number of alkyl carbamates (subject to hydrolysis) is 1. The van der Waals surface area contributed by atoms with Crippen molar-refractivity contribution in [3.63, 3.8) is 0 Å². The van der Waals surface area contributed by atoms with Crippen LogP contribution in [0.2, 0.25) is 0 Å². The number of hydrogen-bond acceptors (Lipinski definition) is 5. The molecule has 1 saturated heterocycles. The van der Waals surface area contributed by atoms with Gasteiger partial charge in [0.15, 0.2) is 0 Å². The Morgan fingerprint density at radius 3 is 2.43 bits per heavy atom. The summed E-state index contributed by atoms with van der Waals surface area (Å²) in [6.07, 6.45) is 3.50. The van der Waals surface area contributed by atoms with Crippen LogP contribution in [0, 0.1) is 0 Å². The highest BCUT2D eigenvalue weighted by Crippen LogP contribution is 2.28. The number of nitrogens with one attached hydrogen (secondary N) is 1. The number of aliphatic hydroxyl groups excluding tert-OH is 1. The number of likely N-dealkylation sites (tertiary alicyclic amines) is 1. The second-order valence-electron chi connectivity index (χ2n) is 8.15. The number of amides is 1. The standard InChI is InChI=1S/C24H30N2O4/c27-23(19-8-10-20(11-9-19)30-21-12-13-21)22(16-26-14-4-5-15-26)25-24(28)29-17-18-6-2-1-3-7-18/h1-3,6-11,21-23,27H,4-5,12-17H2,(H,25,28)/t22-,23-/m1/s1. The predicted octanol–water partition coefficient (Wildman–Crippen LogP) is 3.65. The Kier molecular flexibility index (Phi) is 6.87. The maximum Gasteiger partial charge on any atom is 0.407 e. The summed E-state index contributed by atoms with van der Waals surface area (Å²) in [7, 11) is 0. The molecule has 6 heteroatoms. The van der Waals surface area contributed by atoms with E-state index >= 15 is 0 Å². The molecule has 6 nitrogen and oxygen atoms in total. The highest BCUT2D eigenvalue weighted by molar-refractivity contribution is 5.67. The molecular weight excluding hydrogens is 380 g/mol. The SMILES string of the molecule is O=C(N[C@H](CN1CCCC1)[C@H](O)c1ccc(OC2CC2)cc1)OCc1ccccc1. The van der Waals surface area contributed by atoms with Crippen LogP contribution in [0.4, 0.5) is 4.79 Å². The van der Waals surface area contributed by atoms with Crippen molar-refractivity contribution in [2.45, 2.75) is 50.5 Å². The quantitative estimate of drug-likeness (QED) is 0.660. The van der Waals surface area contributed by atoms with Gasteiger partial charge in [0.05, 0.1) is 12.1 Å². The molecule has 2 aromatic rings. The molecule has 0 unspecified atom stereocenters. The zero-order valence-electron chi connectivity index (χ0n) is 17.2. The van der Waals surface area contributed by atoms with Crippen LogP contribution in [0.3, 0.4) is 0 Å². The third-order valence-corrected chi connectivity index (χ3v) is 5.60. The molecule has 2 fully saturated rings. The first-order chi connectivity index (χ1) is 14.7. The number of hydrogen-bond donors (Lipinski definition) is 2. The smallest absolute Gasteiger partial charge is 0.407 e. The molecule has 2 aliphatic rings. The minimum absolute atomic E-state index is 0.201. The van der Waals surface area contributed by atoms with Crippen molar-refractivity contribution >= 4 is 6.09 Å². The molecule has 0 aromatic heterocycles. The molecule has 1 amide bonds. The molecule has 2 N–H and O–H groups in total. The van der Waals surface area contributed by atoms with Crippen molar-refractivity contribution in [3.8, 4) is 5.75 Å². The molecule has 0 spiro atoms. The van der Waals surface area contributed by atoms with Gasteiger partial charge in [-0.05, 0) is 62.0 Å². The van der Waals surface area contributed by atoms with Crippen LogP contribution < -0.4 is 10.1 Å². The van der Waals surface area contributed by atoms with Crippen LogP contribution in [-0.2, 0) is 11.3 Å². The van der Waals surface area contributed by atoms with E-state index in [1.807, 2.05) is 54.6 Å². The van der Waals surface area contributed by atoms with Gasteiger partial charge in [-0.15, -0.1) is 0 Å². The number of carbonyl (C=O) groups excluding carboxylic acids is 1. The van der Waals surface area contributed by atoms with Crippen LogP contribution in [-0.4, -0.2) is 47.9 Å². The third kappa shape index (κ3) is 5.97. The maximum atomic E-state index is 12.4. The van der Waals surface area contributed by atoms with Gasteiger partial charge in [0.25, 0.3) is 0 Å². The normalized spacial score (nSPS) is 18.6. The van der Waals surface area contributed by atoms with E-state index in [2.05, 4.69) is 10.2 Å². The number of carbonyl (C=O) groups is 1. The van der Waals surface area contributed by atoms with E-state index in [-0.39, 0.29) is 6.61 Å². The largest absolute Gasteiger partial charge is 0.490 e. The van der Waals surface area contributed by atoms with Crippen LogP contribution in [0.25, 0.3) is 0 Å². The molecule has 4 rings (SSSR count). The molecule has 2 atom stereocenters. The summed E-state index contributed by atoms with van der Waals surface area (Å²) in [6.45, 7) is 2.75. The van der Waals surface area contributed by atoms with E-state index in [0.29, 0.717) is 12.6 Å². The minimum atomic E-state index is -0.829. The van der Waals surface area contributed by atoms with E-state index < -0.39 is 18.2 Å². The number of rotatable bonds is 9. The van der Waals surface area contributed by atoms with E-state index in [4.69, 9.17) is 9.47 Å². The number of benzene rings is 2. The Morgan fingerprint density at radius 2 is 1.77 bits per heavy atom. The lowest BCUT2D eigenvalue weighted by molar-refractivity contribution is 0.0882.